The maximum atomic E-state index is 14.1. The molecule has 0 fully saturated rings. The number of fused-ring (bicyclic) bond motifs is 3. The molecule has 0 saturated carbocycles. The van der Waals surface area contributed by atoms with Gasteiger partial charge in [0.05, 0.1) is 30.3 Å². The standard InChI is InChI=1S/C35H28N2O4S/c1-23(25-10-8-12-28(20-25)40-3)27-16-19-34-32(22-27)31-17-18-33(24(2)26-11-9-13-29(21-26)41-4)36-35(31)37(34)42(38,39)30-14-6-5-7-15-30/h5-22H,1-2H2,3-4H3. The minimum absolute atomic E-state index is 0.174. The lowest BCUT2D eigenvalue weighted by molar-refractivity contribution is 0.414. The van der Waals surface area contributed by atoms with Crippen LogP contribution in [0.1, 0.15) is 22.4 Å². The van der Waals surface area contributed by atoms with Crippen molar-refractivity contribution in [2.45, 2.75) is 4.90 Å². The molecule has 0 aliphatic carbocycles. The van der Waals surface area contributed by atoms with E-state index in [1.165, 1.54) is 3.97 Å². The second-order valence-corrected chi connectivity index (χ2v) is 11.6. The molecular formula is C35H28N2O4S. The van der Waals surface area contributed by atoms with Gasteiger partial charge in [0.2, 0.25) is 0 Å². The van der Waals surface area contributed by atoms with Gasteiger partial charge in [-0.1, -0.05) is 61.7 Å². The average Bonchev–Trinajstić information content (AvgIpc) is 3.38. The fourth-order valence-electron chi connectivity index (χ4n) is 5.09. The van der Waals surface area contributed by atoms with Crippen LogP contribution in [0.4, 0.5) is 0 Å². The molecule has 0 spiro atoms. The monoisotopic (exact) mass is 572 g/mol. The zero-order chi connectivity index (χ0) is 29.4. The van der Waals surface area contributed by atoms with E-state index in [-0.39, 0.29) is 4.90 Å². The molecule has 0 bridgehead atoms. The zero-order valence-corrected chi connectivity index (χ0v) is 24.1. The second kappa shape index (κ2) is 10.7. The number of hydrogen-bond acceptors (Lipinski definition) is 5. The normalized spacial score (nSPS) is 11.5. The highest BCUT2D eigenvalue weighted by Gasteiger charge is 2.25. The van der Waals surface area contributed by atoms with Crippen molar-refractivity contribution >= 4 is 43.1 Å². The molecule has 4 aromatic carbocycles. The smallest absolute Gasteiger partial charge is 0.269 e. The van der Waals surface area contributed by atoms with Gasteiger partial charge in [-0.2, -0.15) is 0 Å². The number of nitrogens with zero attached hydrogens (tertiary/aromatic N) is 2. The molecular weight excluding hydrogens is 544 g/mol. The van der Waals surface area contributed by atoms with E-state index in [0.717, 1.165) is 33.4 Å². The predicted molar refractivity (Wildman–Crippen MR) is 169 cm³/mol. The van der Waals surface area contributed by atoms with E-state index in [1.54, 1.807) is 44.6 Å². The number of methoxy groups -OCH3 is 2. The molecule has 208 valence electrons. The number of pyridine rings is 1. The van der Waals surface area contributed by atoms with Gasteiger partial charge in [-0.05, 0) is 82.9 Å². The van der Waals surface area contributed by atoms with Crippen molar-refractivity contribution in [3.05, 3.63) is 145 Å². The lowest BCUT2D eigenvalue weighted by Gasteiger charge is -2.11. The molecule has 7 heteroatoms. The van der Waals surface area contributed by atoms with Gasteiger partial charge in [0.25, 0.3) is 10.0 Å². The molecule has 0 aliphatic heterocycles. The Kier molecular flexibility index (Phi) is 6.88. The van der Waals surface area contributed by atoms with Gasteiger partial charge in [-0.3, -0.25) is 0 Å². The Balaban J connectivity index is 1.57. The lowest BCUT2D eigenvalue weighted by atomic mass is 9.97. The van der Waals surface area contributed by atoms with Crippen LogP contribution >= 0.6 is 0 Å². The van der Waals surface area contributed by atoms with E-state index < -0.39 is 10.0 Å². The fourth-order valence-corrected chi connectivity index (χ4v) is 6.59. The first-order valence-corrected chi connectivity index (χ1v) is 14.7. The van der Waals surface area contributed by atoms with Crippen LogP contribution in [-0.2, 0) is 10.0 Å². The summed E-state index contributed by atoms with van der Waals surface area (Å²) in [6, 6.07) is 33.0. The summed E-state index contributed by atoms with van der Waals surface area (Å²) in [7, 11) is -0.763. The third-order valence-electron chi connectivity index (χ3n) is 7.35. The molecule has 0 radical (unpaired) electrons. The van der Waals surface area contributed by atoms with Crippen molar-refractivity contribution in [1.82, 2.24) is 8.96 Å². The van der Waals surface area contributed by atoms with Gasteiger partial charge >= 0.3 is 0 Å². The summed E-state index contributed by atoms with van der Waals surface area (Å²) in [5, 5.41) is 1.45. The van der Waals surface area contributed by atoms with Gasteiger partial charge in [-0.15, -0.1) is 0 Å². The van der Waals surface area contributed by atoms with Crippen LogP contribution < -0.4 is 9.47 Å². The molecule has 0 N–H and O–H groups in total. The summed E-state index contributed by atoms with van der Waals surface area (Å²) in [5.41, 5.74) is 5.43. The van der Waals surface area contributed by atoms with E-state index in [4.69, 9.17) is 14.5 Å². The molecule has 0 saturated heterocycles. The molecule has 2 aromatic heterocycles. The molecule has 2 heterocycles. The Morgan fingerprint density at radius 1 is 0.667 bits per heavy atom. The van der Waals surface area contributed by atoms with Crippen molar-refractivity contribution in [1.29, 1.82) is 0 Å². The molecule has 0 unspecified atom stereocenters. The van der Waals surface area contributed by atoms with Crippen molar-refractivity contribution in [2.75, 3.05) is 14.2 Å². The van der Waals surface area contributed by atoms with Gasteiger partial charge in [-0.25, -0.2) is 17.4 Å². The summed E-state index contributed by atoms with van der Waals surface area (Å²) >= 11 is 0. The van der Waals surface area contributed by atoms with E-state index in [0.29, 0.717) is 33.6 Å². The summed E-state index contributed by atoms with van der Waals surface area (Å²) in [6.07, 6.45) is 0. The summed E-state index contributed by atoms with van der Waals surface area (Å²) in [5.74, 6) is 1.42. The van der Waals surface area contributed by atoms with Crippen molar-refractivity contribution in [3.63, 3.8) is 0 Å². The molecule has 6 aromatic rings. The Hall–Kier alpha value is -5.14. The molecule has 6 nitrogen and oxygen atoms in total. The first-order valence-electron chi connectivity index (χ1n) is 13.2. The van der Waals surface area contributed by atoms with Gasteiger partial charge < -0.3 is 9.47 Å². The summed E-state index contributed by atoms with van der Waals surface area (Å²) in [6.45, 7) is 8.60. The van der Waals surface area contributed by atoms with Crippen molar-refractivity contribution in [3.8, 4) is 11.5 Å². The Morgan fingerprint density at radius 2 is 1.29 bits per heavy atom. The number of rotatable bonds is 8. The van der Waals surface area contributed by atoms with Gasteiger partial charge in [0.15, 0.2) is 5.65 Å². The quantitative estimate of drug-likeness (QED) is 0.188. The zero-order valence-electron chi connectivity index (χ0n) is 23.2. The third kappa shape index (κ3) is 4.63. The highest BCUT2D eigenvalue weighted by molar-refractivity contribution is 7.90. The van der Waals surface area contributed by atoms with Crippen molar-refractivity contribution in [2.24, 2.45) is 0 Å². The van der Waals surface area contributed by atoms with Gasteiger partial charge in [0, 0.05) is 16.3 Å². The largest absolute Gasteiger partial charge is 0.497 e. The van der Waals surface area contributed by atoms with Crippen molar-refractivity contribution < 1.29 is 17.9 Å². The predicted octanol–water partition coefficient (Wildman–Crippen LogP) is 7.57. The third-order valence-corrected chi connectivity index (χ3v) is 9.07. The molecule has 42 heavy (non-hydrogen) atoms. The number of aromatic nitrogens is 2. The topological polar surface area (TPSA) is 70.4 Å². The van der Waals surface area contributed by atoms with Crippen LogP contribution in [-0.4, -0.2) is 31.6 Å². The highest BCUT2D eigenvalue weighted by atomic mass is 32.2. The van der Waals surface area contributed by atoms with E-state index in [2.05, 4.69) is 13.2 Å². The van der Waals surface area contributed by atoms with E-state index >= 15 is 0 Å². The SMILES string of the molecule is C=C(c1cccc(OC)c1)c1ccc2c(c1)c1ccc(C(=C)c3cccc(OC)c3)nc1n2S(=O)(=O)c1ccccc1. The van der Waals surface area contributed by atoms with Crippen LogP contribution in [0.3, 0.4) is 0 Å². The second-order valence-electron chi connectivity index (χ2n) is 9.80. The first kappa shape index (κ1) is 27.1. The molecule has 0 amide bonds. The van der Waals surface area contributed by atoms with Crippen LogP contribution in [0, 0.1) is 0 Å². The molecule has 6 rings (SSSR count). The Morgan fingerprint density at radius 3 is 1.93 bits per heavy atom. The number of ether oxygens (including phenoxy) is 2. The molecule has 0 atom stereocenters. The van der Waals surface area contributed by atoms with Crippen LogP contribution in [0.5, 0.6) is 11.5 Å². The minimum Gasteiger partial charge on any atom is -0.497 e. The van der Waals surface area contributed by atoms with E-state index in [1.807, 2.05) is 78.9 Å². The van der Waals surface area contributed by atoms with Crippen LogP contribution in [0.2, 0.25) is 0 Å². The van der Waals surface area contributed by atoms with Crippen LogP contribution in [0.15, 0.2) is 127 Å². The average molecular weight is 573 g/mol. The Bertz CT molecular complexity index is 2110. The highest BCUT2D eigenvalue weighted by Crippen LogP contribution is 2.36. The maximum absolute atomic E-state index is 14.1. The summed E-state index contributed by atoms with van der Waals surface area (Å²) < 4.78 is 40.3. The molecule has 0 aliphatic rings. The van der Waals surface area contributed by atoms with Gasteiger partial charge in [0.1, 0.15) is 11.5 Å². The maximum Gasteiger partial charge on any atom is 0.269 e. The number of benzene rings is 4. The number of hydrogen-bond donors (Lipinski definition) is 0. The van der Waals surface area contributed by atoms with Crippen LogP contribution in [0.25, 0.3) is 33.1 Å². The summed E-state index contributed by atoms with van der Waals surface area (Å²) in [4.78, 5) is 5.07. The minimum atomic E-state index is -4.00. The Labute approximate surface area is 244 Å². The fraction of sp³-hybridized carbons (Fsp3) is 0.0571. The first-order chi connectivity index (χ1) is 20.3. The van der Waals surface area contributed by atoms with E-state index in [9.17, 15) is 8.42 Å². The lowest BCUT2D eigenvalue weighted by Crippen LogP contribution is -2.13.